The summed E-state index contributed by atoms with van der Waals surface area (Å²) >= 11 is 1.05. The van der Waals surface area contributed by atoms with Crippen LogP contribution in [-0.4, -0.2) is 41.4 Å². The first-order valence-corrected chi connectivity index (χ1v) is 12.1. The van der Waals surface area contributed by atoms with Crippen molar-refractivity contribution in [2.45, 2.75) is 28.6 Å². The lowest BCUT2D eigenvalue weighted by Crippen LogP contribution is -2.32. The standard InChI is InChI=1S/C16H19N3O7S3/c1-11(16(21)19-12-4-6-13(7-5-12)28(17,22)23)26-14(20)8-9-18-29(24,25)15-3-2-10-27-15/h2-7,10-11,18H,8-9H2,1H3,(H,19,21)(H2,17,22,23)/t11-/m0/s1. The molecule has 1 aromatic carbocycles. The molecule has 158 valence electrons. The lowest BCUT2D eigenvalue weighted by molar-refractivity contribution is -0.152. The molecule has 1 heterocycles. The number of ether oxygens (including phenoxy) is 1. The number of rotatable bonds is 9. The zero-order valence-electron chi connectivity index (χ0n) is 15.2. The number of carbonyl (C=O) groups is 2. The van der Waals surface area contributed by atoms with E-state index in [-0.39, 0.29) is 27.8 Å². The van der Waals surface area contributed by atoms with Crippen molar-refractivity contribution in [2.24, 2.45) is 5.14 Å². The predicted molar refractivity (Wildman–Crippen MR) is 106 cm³/mol. The number of carbonyl (C=O) groups excluding carboxylic acids is 2. The van der Waals surface area contributed by atoms with Gasteiger partial charge in [-0.05, 0) is 42.6 Å². The second kappa shape index (κ2) is 9.45. The highest BCUT2D eigenvalue weighted by atomic mass is 32.2. The van der Waals surface area contributed by atoms with Crippen LogP contribution in [0.15, 0.2) is 50.9 Å². The molecule has 1 atom stereocenters. The maximum Gasteiger partial charge on any atom is 0.307 e. The number of sulfonamides is 2. The quantitative estimate of drug-likeness (QED) is 0.461. The fraction of sp³-hybridized carbons (Fsp3) is 0.250. The second-order valence-corrected chi connectivity index (χ2v) is 10.3. The number of esters is 1. The van der Waals surface area contributed by atoms with Gasteiger partial charge in [-0.3, -0.25) is 9.59 Å². The lowest BCUT2D eigenvalue weighted by atomic mass is 10.3. The van der Waals surface area contributed by atoms with E-state index in [9.17, 15) is 26.4 Å². The average molecular weight is 462 g/mol. The highest BCUT2D eigenvalue weighted by molar-refractivity contribution is 7.91. The summed E-state index contributed by atoms with van der Waals surface area (Å²) in [6.07, 6.45) is -1.40. The highest BCUT2D eigenvalue weighted by Crippen LogP contribution is 2.15. The molecular formula is C16H19N3O7S3. The van der Waals surface area contributed by atoms with Gasteiger partial charge in [-0.15, -0.1) is 11.3 Å². The molecular weight excluding hydrogens is 442 g/mol. The minimum atomic E-state index is -3.84. The maximum atomic E-state index is 12.1. The molecule has 2 rings (SSSR count). The monoisotopic (exact) mass is 461 g/mol. The van der Waals surface area contributed by atoms with Crippen LogP contribution >= 0.6 is 11.3 Å². The van der Waals surface area contributed by atoms with Gasteiger partial charge in [-0.25, -0.2) is 26.7 Å². The highest BCUT2D eigenvalue weighted by Gasteiger charge is 2.20. The molecule has 1 amide bonds. The van der Waals surface area contributed by atoms with Crippen LogP contribution in [0.25, 0.3) is 0 Å². The first-order chi connectivity index (χ1) is 13.5. The van der Waals surface area contributed by atoms with Gasteiger partial charge in [0.15, 0.2) is 6.10 Å². The van der Waals surface area contributed by atoms with Crippen LogP contribution in [0.5, 0.6) is 0 Å². The molecule has 0 bridgehead atoms. The number of nitrogens with two attached hydrogens (primary N) is 1. The molecule has 2 aromatic rings. The molecule has 0 saturated heterocycles. The second-order valence-electron chi connectivity index (χ2n) is 5.77. The Hall–Kier alpha value is -2.32. The van der Waals surface area contributed by atoms with Gasteiger partial charge in [0.05, 0.1) is 11.3 Å². The summed E-state index contributed by atoms with van der Waals surface area (Å²) in [7, 11) is -7.53. The molecule has 1 aromatic heterocycles. The van der Waals surface area contributed by atoms with Crippen LogP contribution in [0.3, 0.4) is 0 Å². The Morgan fingerprint density at radius 2 is 1.79 bits per heavy atom. The summed E-state index contributed by atoms with van der Waals surface area (Å²) in [5.74, 6) is -1.40. The molecule has 29 heavy (non-hydrogen) atoms. The number of nitrogens with one attached hydrogen (secondary N) is 2. The Morgan fingerprint density at radius 1 is 1.14 bits per heavy atom. The van der Waals surface area contributed by atoms with E-state index in [1.807, 2.05) is 0 Å². The van der Waals surface area contributed by atoms with E-state index in [4.69, 9.17) is 9.88 Å². The smallest absolute Gasteiger partial charge is 0.307 e. The third-order valence-corrected chi connectivity index (χ3v) is 7.30. The first-order valence-electron chi connectivity index (χ1n) is 8.15. The maximum absolute atomic E-state index is 12.1. The third-order valence-electron chi connectivity index (χ3n) is 3.51. The van der Waals surface area contributed by atoms with Crippen LogP contribution < -0.4 is 15.2 Å². The van der Waals surface area contributed by atoms with E-state index in [0.717, 1.165) is 11.3 Å². The van der Waals surface area contributed by atoms with Gasteiger partial charge in [0, 0.05) is 12.2 Å². The summed E-state index contributed by atoms with van der Waals surface area (Å²) in [5.41, 5.74) is 0.286. The number of thiophene rings is 1. The summed E-state index contributed by atoms with van der Waals surface area (Å²) in [4.78, 5) is 23.8. The van der Waals surface area contributed by atoms with E-state index in [0.29, 0.717) is 0 Å². The molecule has 10 nitrogen and oxygen atoms in total. The number of anilines is 1. The molecule has 0 aliphatic carbocycles. The van der Waals surface area contributed by atoms with Crippen molar-refractivity contribution in [1.82, 2.24) is 4.72 Å². The molecule has 13 heteroatoms. The normalized spacial score (nSPS) is 12.9. The van der Waals surface area contributed by atoms with Crippen molar-refractivity contribution in [2.75, 3.05) is 11.9 Å². The van der Waals surface area contributed by atoms with Gasteiger partial charge < -0.3 is 10.1 Å². The topological polar surface area (TPSA) is 162 Å². The Kier molecular flexibility index (Phi) is 7.48. The zero-order valence-corrected chi connectivity index (χ0v) is 17.6. The van der Waals surface area contributed by atoms with Gasteiger partial charge in [0.1, 0.15) is 4.21 Å². The fourth-order valence-electron chi connectivity index (χ4n) is 2.06. The molecule has 4 N–H and O–H groups in total. The third kappa shape index (κ3) is 6.90. The van der Waals surface area contributed by atoms with E-state index >= 15 is 0 Å². The van der Waals surface area contributed by atoms with E-state index < -0.39 is 38.0 Å². The first kappa shape index (κ1) is 23.0. The number of amides is 1. The molecule has 0 saturated carbocycles. The Morgan fingerprint density at radius 3 is 2.34 bits per heavy atom. The van der Waals surface area contributed by atoms with Crippen LogP contribution in [0.1, 0.15) is 13.3 Å². The molecule has 0 spiro atoms. The number of primary sulfonamides is 1. The summed E-state index contributed by atoms with van der Waals surface area (Å²) in [5, 5.41) is 9.07. The van der Waals surface area contributed by atoms with Crippen molar-refractivity contribution >= 4 is 48.9 Å². The molecule has 0 aliphatic rings. The van der Waals surface area contributed by atoms with E-state index in [2.05, 4.69) is 10.0 Å². The van der Waals surface area contributed by atoms with Crippen LogP contribution in [0.4, 0.5) is 5.69 Å². The number of hydrogen-bond donors (Lipinski definition) is 3. The van der Waals surface area contributed by atoms with Gasteiger partial charge in [0.2, 0.25) is 20.0 Å². The zero-order chi connectivity index (χ0) is 21.7. The minimum Gasteiger partial charge on any atom is -0.452 e. The molecule has 0 radical (unpaired) electrons. The minimum absolute atomic E-state index is 0.111. The van der Waals surface area contributed by atoms with E-state index in [1.165, 1.54) is 37.3 Å². The predicted octanol–water partition coefficient (Wildman–Crippen LogP) is 0.634. The van der Waals surface area contributed by atoms with Gasteiger partial charge in [-0.2, -0.15) is 0 Å². The molecule has 0 fully saturated rings. The van der Waals surface area contributed by atoms with Gasteiger partial charge in [-0.1, -0.05) is 6.07 Å². The van der Waals surface area contributed by atoms with Crippen molar-refractivity contribution in [3.8, 4) is 0 Å². The van der Waals surface area contributed by atoms with Crippen LogP contribution in [0.2, 0.25) is 0 Å². The van der Waals surface area contributed by atoms with Crippen molar-refractivity contribution in [1.29, 1.82) is 0 Å². The average Bonchev–Trinajstić information content (AvgIpc) is 3.16. The Balaban J connectivity index is 1.80. The van der Waals surface area contributed by atoms with Gasteiger partial charge >= 0.3 is 5.97 Å². The van der Waals surface area contributed by atoms with Crippen molar-refractivity contribution < 1.29 is 31.2 Å². The summed E-state index contributed by atoms with van der Waals surface area (Å²) < 4.78 is 53.6. The SMILES string of the molecule is C[C@H](OC(=O)CCNS(=O)(=O)c1cccs1)C(=O)Nc1ccc(S(N)(=O)=O)cc1. The van der Waals surface area contributed by atoms with Crippen LogP contribution in [-0.2, 0) is 34.4 Å². The van der Waals surface area contributed by atoms with Gasteiger partial charge in [0.25, 0.3) is 5.91 Å². The summed E-state index contributed by atoms with van der Waals surface area (Å²) in [6.45, 7) is 1.17. The lowest BCUT2D eigenvalue weighted by Gasteiger charge is -2.14. The molecule has 0 unspecified atom stereocenters. The van der Waals surface area contributed by atoms with E-state index in [1.54, 1.807) is 11.4 Å². The number of benzene rings is 1. The Labute approximate surface area is 172 Å². The number of hydrogen-bond acceptors (Lipinski definition) is 8. The summed E-state index contributed by atoms with van der Waals surface area (Å²) in [6, 6.07) is 8.16. The van der Waals surface area contributed by atoms with Crippen LogP contribution in [0, 0.1) is 0 Å². The molecule has 0 aliphatic heterocycles. The van der Waals surface area contributed by atoms with Crippen molar-refractivity contribution in [3.05, 3.63) is 41.8 Å². The fourth-order valence-corrected chi connectivity index (χ4v) is 4.64. The van der Waals surface area contributed by atoms with Crippen molar-refractivity contribution in [3.63, 3.8) is 0 Å². The largest absolute Gasteiger partial charge is 0.452 e. The Bertz CT molecular complexity index is 1060.